The molecule has 0 aromatic rings. The van der Waals surface area contributed by atoms with Crippen molar-refractivity contribution in [2.75, 3.05) is 26.4 Å². The van der Waals surface area contributed by atoms with E-state index in [4.69, 9.17) is 42.2 Å². The summed E-state index contributed by atoms with van der Waals surface area (Å²) in [6.07, 6.45) is 14.1. The van der Waals surface area contributed by atoms with Gasteiger partial charge < -0.3 is 89.1 Å². The van der Waals surface area contributed by atoms with E-state index in [1.165, 1.54) is 128 Å². The Morgan fingerprint density at radius 2 is 0.714 bits per heavy atom. The zero-order valence-electron chi connectivity index (χ0n) is 60.1. The van der Waals surface area contributed by atoms with Crippen molar-refractivity contribution in [3.8, 4) is 0 Å². The topological polar surface area (TPSA) is 374 Å². The van der Waals surface area contributed by atoms with Crippen LogP contribution in [0.3, 0.4) is 0 Å². The average molecular weight is 1430 g/mol. The maximum Gasteiger partial charge on any atom is 0.472 e. The van der Waals surface area contributed by atoms with E-state index in [-0.39, 0.29) is 19.3 Å². The third-order valence-electron chi connectivity index (χ3n) is 19.0. The van der Waals surface area contributed by atoms with Crippen molar-refractivity contribution < 1.29 is 117 Å². The molecule has 1 aliphatic carbocycles. The molecule has 0 spiro atoms. The van der Waals surface area contributed by atoms with Gasteiger partial charge in [0, 0.05) is 19.3 Å². The quantitative estimate of drug-likeness (QED) is 0.00886. The van der Waals surface area contributed by atoms with Gasteiger partial charge in [0.15, 0.2) is 18.7 Å². The Bertz CT molecular complexity index is 2080. The molecule has 576 valence electrons. The summed E-state index contributed by atoms with van der Waals surface area (Å²) in [6, 6.07) is 0. The Hall–Kier alpha value is -2.30. The van der Waals surface area contributed by atoms with Gasteiger partial charge in [-0.15, -0.1) is 0 Å². The summed E-state index contributed by atoms with van der Waals surface area (Å²) in [5, 5.41) is 110. The third-order valence-corrected chi connectivity index (χ3v) is 20.0. The highest BCUT2D eigenvalue weighted by Gasteiger charge is 2.58. The van der Waals surface area contributed by atoms with Gasteiger partial charge in [-0.25, -0.2) is 4.57 Å². The van der Waals surface area contributed by atoms with E-state index in [1.807, 2.05) is 0 Å². The molecule has 0 aromatic heterocycles. The minimum Gasteiger partial charge on any atom is -0.463 e. The van der Waals surface area contributed by atoms with Crippen molar-refractivity contribution in [3.05, 3.63) is 12.2 Å². The van der Waals surface area contributed by atoms with Crippen LogP contribution in [-0.4, -0.2) is 204 Å². The second kappa shape index (κ2) is 55.2. The molecule has 3 aliphatic rings. The summed E-state index contributed by atoms with van der Waals surface area (Å²) in [7, 11) is -5.69. The Morgan fingerprint density at radius 1 is 0.388 bits per heavy atom. The van der Waals surface area contributed by atoms with Gasteiger partial charge in [0.2, 0.25) is 0 Å². The Kier molecular flexibility index (Phi) is 50.7. The lowest BCUT2D eigenvalue weighted by Crippen LogP contribution is -2.69. The molecule has 24 nitrogen and oxygen atoms in total. The van der Waals surface area contributed by atoms with Crippen LogP contribution in [0.5, 0.6) is 0 Å². The normalized spacial score (nSPS) is 27.7. The van der Waals surface area contributed by atoms with E-state index in [0.717, 1.165) is 116 Å². The van der Waals surface area contributed by atoms with Gasteiger partial charge in [0.25, 0.3) is 0 Å². The van der Waals surface area contributed by atoms with Crippen LogP contribution in [0.4, 0.5) is 0 Å². The number of phosphoric ester groups is 1. The standard InChI is InChI=1S/C73H135O24P/c1-4-7-10-13-16-19-22-25-27-30-32-35-38-41-44-47-57(75)89-51-54(92-59(77)49-46-43-40-37-34-29-24-21-18-15-12-9-6-3)52-91-98(87,88)97-71-69(95-72-67(85)62(80)60(78)55(50-74)93-72)65(83)64(82)66(84)70(71)96-73-68(86)63(81)61(79)56(94-73)53-90-58(76)48-45-42-39-36-33-31-28-26-23-20-17-14-11-8-5-2/h19,22,54-56,60-74,78-86H,4-18,20-21,23-53H2,1-3H3,(H,87,88)/b22-19-. The number of esters is 3. The van der Waals surface area contributed by atoms with Gasteiger partial charge in [-0.05, 0) is 44.9 Å². The minimum absolute atomic E-state index is 0.0327. The van der Waals surface area contributed by atoms with Crippen molar-refractivity contribution >= 4 is 25.7 Å². The smallest absolute Gasteiger partial charge is 0.463 e. The summed E-state index contributed by atoms with van der Waals surface area (Å²) in [5.41, 5.74) is 0. The number of ether oxygens (including phenoxy) is 7. The van der Waals surface area contributed by atoms with E-state index in [2.05, 4.69) is 32.9 Å². The van der Waals surface area contributed by atoms with E-state index >= 15 is 0 Å². The molecule has 0 amide bonds. The first kappa shape index (κ1) is 89.9. The number of hydrogen-bond acceptors (Lipinski definition) is 23. The lowest BCUT2D eigenvalue weighted by molar-refractivity contribution is -0.360. The number of unbranched alkanes of at least 4 members (excludes halogenated alkanes) is 37. The van der Waals surface area contributed by atoms with Gasteiger partial charge in [-0.2, -0.15) is 0 Å². The van der Waals surface area contributed by atoms with Gasteiger partial charge >= 0.3 is 25.7 Å². The van der Waals surface area contributed by atoms with Crippen LogP contribution in [0.1, 0.15) is 303 Å². The predicted molar refractivity (Wildman–Crippen MR) is 370 cm³/mol. The third kappa shape index (κ3) is 37.9. The van der Waals surface area contributed by atoms with Crippen LogP contribution in [-0.2, 0) is 61.2 Å². The molecule has 11 N–H and O–H groups in total. The Morgan fingerprint density at radius 3 is 1.11 bits per heavy atom. The SMILES string of the molecule is CCCCCC/C=C\CCCCCCCCCC(=O)OCC(COP(=O)(O)OC1C(OC2OC(CO)C(O)C(O)C2O)C(O)C(O)C(O)C1OC1OC(COC(=O)CCCCCCCCCCCCCCCCC)C(O)C(O)C1O)OC(=O)CCCCCCCCCCCCCCC. The number of aliphatic hydroxyl groups excluding tert-OH is 10. The van der Waals surface area contributed by atoms with E-state index in [9.17, 15) is 74.9 Å². The minimum atomic E-state index is -5.69. The van der Waals surface area contributed by atoms with Gasteiger partial charge in [0.1, 0.15) is 98.7 Å². The van der Waals surface area contributed by atoms with E-state index in [1.54, 1.807) is 0 Å². The van der Waals surface area contributed by atoms with Crippen LogP contribution in [0.2, 0.25) is 0 Å². The van der Waals surface area contributed by atoms with Crippen LogP contribution in [0.25, 0.3) is 0 Å². The molecular weight excluding hydrogens is 1290 g/mol. The van der Waals surface area contributed by atoms with E-state index in [0.29, 0.717) is 19.3 Å². The molecule has 25 heteroatoms. The van der Waals surface area contributed by atoms with E-state index < -0.39 is 156 Å². The zero-order valence-corrected chi connectivity index (χ0v) is 61.0. The summed E-state index contributed by atoms with van der Waals surface area (Å²) in [4.78, 5) is 51.0. The molecule has 0 radical (unpaired) electrons. The molecule has 3 fully saturated rings. The lowest BCUT2D eigenvalue weighted by atomic mass is 9.84. The number of allylic oxidation sites excluding steroid dienone is 2. The number of rotatable bonds is 60. The maximum atomic E-state index is 14.3. The highest BCUT2D eigenvalue weighted by atomic mass is 31.2. The van der Waals surface area contributed by atoms with Crippen LogP contribution < -0.4 is 0 Å². The van der Waals surface area contributed by atoms with Gasteiger partial charge in [0.05, 0.1) is 13.2 Å². The largest absolute Gasteiger partial charge is 0.472 e. The molecule has 2 saturated heterocycles. The number of aliphatic hydroxyl groups is 10. The first-order chi connectivity index (χ1) is 47.3. The highest BCUT2D eigenvalue weighted by molar-refractivity contribution is 7.47. The Balaban J connectivity index is 1.72. The van der Waals surface area contributed by atoms with Gasteiger partial charge in [-0.3, -0.25) is 23.4 Å². The summed E-state index contributed by atoms with van der Waals surface area (Å²) >= 11 is 0. The molecule has 2 aliphatic heterocycles. The van der Waals surface area contributed by atoms with Crippen molar-refractivity contribution in [2.24, 2.45) is 0 Å². The van der Waals surface area contributed by atoms with Crippen molar-refractivity contribution in [1.29, 1.82) is 0 Å². The molecule has 0 bridgehead atoms. The summed E-state index contributed by atoms with van der Waals surface area (Å²) in [6.45, 7) is 3.45. The molecule has 2 heterocycles. The number of hydrogen-bond donors (Lipinski definition) is 11. The molecule has 18 unspecified atom stereocenters. The zero-order chi connectivity index (χ0) is 71.8. The highest BCUT2D eigenvalue weighted by Crippen LogP contribution is 2.49. The fraction of sp³-hybridized carbons (Fsp3) is 0.932. The first-order valence-electron chi connectivity index (χ1n) is 38.5. The predicted octanol–water partition coefficient (Wildman–Crippen LogP) is 10.7. The Labute approximate surface area is 586 Å². The van der Waals surface area contributed by atoms with Crippen molar-refractivity contribution in [3.63, 3.8) is 0 Å². The molecule has 18 atom stereocenters. The second-order valence-electron chi connectivity index (χ2n) is 27.7. The fourth-order valence-electron chi connectivity index (χ4n) is 12.8. The molecule has 0 aromatic carbocycles. The average Bonchev–Trinajstić information content (AvgIpc) is 0.763. The van der Waals surface area contributed by atoms with Crippen molar-refractivity contribution in [2.45, 2.75) is 407 Å². The van der Waals surface area contributed by atoms with Crippen molar-refractivity contribution in [1.82, 2.24) is 0 Å². The molecular formula is C73H135O24P. The summed E-state index contributed by atoms with van der Waals surface area (Å²) in [5.74, 6) is -1.98. The van der Waals surface area contributed by atoms with Crippen LogP contribution in [0.15, 0.2) is 12.2 Å². The maximum absolute atomic E-state index is 14.3. The fourth-order valence-corrected chi connectivity index (χ4v) is 13.7. The molecule has 3 rings (SSSR count). The number of carbonyl (C=O) groups excluding carboxylic acids is 3. The summed E-state index contributed by atoms with van der Waals surface area (Å²) < 4.78 is 65.1. The van der Waals surface area contributed by atoms with Crippen LogP contribution >= 0.6 is 7.82 Å². The van der Waals surface area contributed by atoms with Gasteiger partial charge in [-0.1, -0.05) is 251 Å². The van der Waals surface area contributed by atoms with Crippen LogP contribution in [0, 0.1) is 0 Å². The number of phosphoric acid groups is 1. The lowest BCUT2D eigenvalue weighted by Gasteiger charge is -2.49. The second-order valence-corrected chi connectivity index (χ2v) is 29.1. The molecule has 98 heavy (non-hydrogen) atoms. The monoisotopic (exact) mass is 1430 g/mol. The molecule has 1 saturated carbocycles. The first-order valence-corrected chi connectivity index (χ1v) is 40.0. The number of carbonyl (C=O) groups is 3.